The summed E-state index contributed by atoms with van der Waals surface area (Å²) in [4.78, 5) is 10.8. The van der Waals surface area contributed by atoms with Gasteiger partial charge in [0.2, 0.25) is 0 Å². The molecule has 0 unspecified atom stereocenters. The van der Waals surface area contributed by atoms with Crippen LogP contribution in [0.5, 0.6) is 0 Å². The Bertz CT molecular complexity index is 207. The molecule has 1 fully saturated rings. The first-order chi connectivity index (χ1) is 9.10. The Morgan fingerprint density at radius 3 is 2.11 bits per heavy atom. The number of carbonyl (C=O) groups is 1. The minimum absolute atomic E-state index is 0.972. The lowest BCUT2D eigenvalue weighted by atomic mass is 9.94. The normalized spacial score (nSPS) is 22.5. The van der Waals surface area contributed by atoms with Crippen LogP contribution in [-0.2, 0) is 4.79 Å². The minimum Gasteiger partial charge on any atom is -0.550 e. The van der Waals surface area contributed by atoms with Crippen molar-refractivity contribution in [2.75, 3.05) is 19.6 Å². The van der Waals surface area contributed by atoms with Crippen molar-refractivity contribution in [3.63, 3.8) is 0 Å². The van der Waals surface area contributed by atoms with Crippen molar-refractivity contribution >= 4 is 5.97 Å². The van der Waals surface area contributed by atoms with Crippen LogP contribution < -0.4 is 10.0 Å². The van der Waals surface area contributed by atoms with Gasteiger partial charge in [0.15, 0.2) is 0 Å². The highest BCUT2D eigenvalue weighted by molar-refractivity contribution is 5.60. The molecule has 0 aromatic rings. The highest BCUT2D eigenvalue weighted by Gasteiger charge is 2.19. The third-order valence-corrected chi connectivity index (χ3v) is 4.02. The van der Waals surface area contributed by atoms with Crippen molar-refractivity contribution in [3.8, 4) is 0 Å². The Hall–Kier alpha value is -0.570. The molecule has 0 bridgehead atoms. The van der Waals surface area contributed by atoms with E-state index in [2.05, 4.69) is 13.8 Å². The molecule has 0 aromatic carbocycles. The number of likely N-dealkylation sites (tertiary alicyclic amines) is 1. The number of carboxylic acids is 1. The zero-order chi connectivity index (χ0) is 14.5. The van der Waals surface area contributed by atoms with Gasteiger partial charge in [0, 0.05) is 5.97 Å². The van der Waals surface area contributed by atoms with E-state index in [-0.39, 0.29) is 0 Å². The topological polar surface area (TPSA) is 44.6 Å². The van der Waals surface area contributed by atoms with Crippen LogP contribution in [0.2, 0.25) is 0 Å². The maximum Gasteiger partial charge on any atom is 0.0773 e. The van der Waals surface area contributed by atoms with Crippen LogP contribution in [0.15, 0.2) is 0 Å². The number of hydrogen-bond acceptors (Lipinski definition) is 2. The van der Waals surface area contributed by atoms with Gasteiger partial charge in [-0.15, -0.1) is 0 Å². The first-order valence-corrected chi connectivity index (χ1v) is 8.11. The van der Waals surface area contributed by atoms with Crippen molar-refractivity contribution in [2.45, 2.75) is 72.1 Å². The number of quaternary nitrogens is 1. The van der Waals surface area contributed by atoms with Gasteiger partial charge in [-0.1, -0.05) is 39.5 Å². The highest BCUT2D eigenvalue weighted by atomic mass is 16.4. The van der Waals surface area contributed by atoms with E-state index in [1.54, 1.807) is 0 Å². The standard InChI is InChI=1S/C14H29N.C2H4O2/c1-3-5-6-7-8-11-15-12-9-14(4-2)10-13-15;1-2(3)4/h14H,3-13H2,1-2H3;1H3,(H,3,4). The smallest absolute Gasteiger partial charge is 0.0773 e. The van der Waals surface area contributed by atoms with E-state index in [0.29, 0.717) is 0 Å². The summed E-state index contributed by atoms with van der Waals surface area (Å²) in [6.07, 6.45) is 11.6. The van der Waals surface area contributed by atoms with E-state index in [1.807, 2.05) is 4.90 Å². The molecule has 0 atom stereocenters. The zero-order valence-corrected chi connectivity index (χ0v) is 13.2. The van der Waals surface area contributed by atoms with Gasteiger partial charge in [-0.25, -0.2) is 0 Å². The molecule has 0 aromatic heterocycles. The molecule has 1 saturated heterocycles. The molecule has 0 radical (unpaired) electrons. The van der Waals surface area contributed by atoms with Gasteiger partial charge in [-0.2, -0.15) is 0 Å². The first-order valence-electron chi connectivity index (χ1n) is 8.11. The fourth-order valence-electron chi connectivity index (χ4n) is 2.72. The van der Waals surface area contributed by atoms with Gasteiger partial charge in [0.05, 0.1) is 19.6 Å². The van der Waals surface area contributed by atoms with Crippen LogP contribution in [0.25, 0.3) is 0 Å². The number of hydrogen-bond donors (Lipinski definition) is 1. The largest absolute Gasteiger partial charge is 0.550 e. The molecule has 3 heteroatoms. The highest BCUT2D eigenvalue weighted by Crippen LogP contribution is 2.12. The molecule has 1 N–H and O–H groups in total. The van der Waals surface area contributed by atoms with Crippen molar-refractivity contribution < 1.29 is 14.8 Å². The van der Waals surface area contributed by atoms with Crippen molar-refractivity contribution in [1.82, 2.24) is 0 Å². The molecule has 0 saturated carbocycles. The summed E-state index contributed by atoms with van der Waals surface area (Å²) in [6.45, 7) is 9.96. The van der Waals surface area contributed by atoms with Crippen molar-refractivity contribution in [1.29, 1.82) is 0 Å². The zero-order valence-electron chi connectivity index (χ0n) is 13.2. The maximum absolute atomic E-state index is 8.89. The Morgan fingerprint density at radius 1 is 1.11 bits per heavy atom. The Labute approximate surface area is 119 Å². The molecule has 1 heterocycles. The summed E-state index contributed by atoms with van der Waals surface area (Å²) in [7, 11) is 0. The summed E-state index contributed by atoms with van der Waals surface area (Å²) in [5, 5.41) is 8.89. The molecule has 3 nitrogen and oxygen atoms in total. The quantitative estimate of drug-likeness (QED) is 0.712. The minimum atomic E-state index is -1.08. The summed E-state index contributed by atoms with van der Waals surface area (Å²) in [5.74, 6) is -0.0335. The summed E-state index contributed by atoms with van der Waals surface area (Å²) < 4.78 is 0. The van der Waals surface area contributed by atoms with Gasteiger partial charge in [-0.3, -0.25) is 0 Å². The van der Waals surface area contributed by atoms with E-state index in [9.17, 15) is 0 Å². The van der Waals surface area contributed by atoms with E-state index < -0.39 is 5.97 Å². The summed E-state index contributed by atoms with van der Waals surface area (Å²) in [6, 6.07) is 0. The number of carboxylic acid groups (broad SMARTS) is 1. The van der Waals surface area contributed by atoms with Crippen LogP contribution in [-0.4, -0.2) is 25.6 Å². The predicted octanol–water partition coefficient (Wildman–Crippen LogP) is 1.42. The fraction of sp³-hybridized carbons (Fsp3) is 0.938. The number of unbranched alkanes of at least 4 members (excludes halogenated alkanes) is 4. The molecule has 1 aliphatic rings. The van der Waals surface area contributed by atoms with E-state index in [0.717, 1.165) is 12.8 Å². The Morgan fingerprint density at radius 2 is 1.63 bits per heavy atom. The molecule has 1 aliphatic heterocycles. The van der Waals surface area contributed by atoms with Gasteiger partial charge >= 0.3 is 0 Å². The number of nitrogens with one attached hydrogen (secondary N) is 1. The van der Waals surface area contributed by atoms with Crippen LogP contribution in [0.1, 0.15) is 72.1 Å². The molecular formula is C16H33NO2. The van der Waals surface area contributed by atoms with Gasteiger partial charge in [-0.05, 0) is 38.5 Å². The number of rotatable bonds is 7. The Kier molecular flexibility index (Phi) is 12.1. The SMILES string of the molecule is CC(=O)[O-].CCCCCCC[NH+]1CCC(CC)CC1. The molecule has 0 spiro atoms. The van der Waals surface area contributed by atoms with Gasteiger partial charge in [0.1, 0.15) is 0 Å². The molecule has 0 aliphatic carbocycles. The average Bonchev–Trinajstić information content (AvgIpc) is 2.38. The van der Waals surface area contributed by atoms with Crippen LogP contribution in [0.4, 0.5) is 0 Å². The second kappa shape index (κ2) is 12.5. The fourth-order valence-corrected chi connectivity index (χ4v) is 2.72. The Balaban J connectivity index is 0.000000711. The van der Waals surface area contributed by atoms with E-state index in [4.69, 9.17) is 9.90 Å². The van der Waals surface area contributed by atoms with E-state index in [1.165, 1.54) is 71.0 Å². The van der Waals surface area contributed by atoms with Gasteiger partial charge < -0.3 is 14.8 Å². The van der Waals surface area contributed by atoms with Crippen molar-refractivity contribution in [3.05, 3.63) is 0 Å². The lowest BCUT2D eigenvalue weighted by Gasteiger charge is -2.28. The number of aliphatic carboxylic acids is 1. The summed E-state index contributed by atoms with van der Waals surface area (Å²) in [5.41, 5.74) is 0. The first kappa shape index (κ1) is 18.4. The third-order valence-electron chi connectivity index (χ3n) is 4.02. The number of carbonyl (C=O) groups excluding carboxylic acids is 1. The lowest BCUT2D eigenvalue weighted by molar-refractivity contribution is -0.906. The molecule has 19 heavy (non-hydrogen) atoms. The number of piperidine rings is 1. The van der Waals surface area contributed by atoms with Crippen molar-refractivity contribution in [2.24, 2.45) is 5.92 Å². The van der Waals surface area contributed by atoms with Crippen LogP contribution in [0.3, 0.4) is 0 Å². The third kappa shape index (κ3) is 12.2. The molecule has 0 amide bonds. The molecule has 1 rings (SSSR count). The van der Waals surface area contributed by atoms with Crippen LogP contribution in [0, 0.1) is 5.92 Å². The second-order valence-electron chi connectivity index (χ2n) is 5.76. The predicted molar refractivity (Wildman–Crippen MR) is 78.0 cm³/mol. The molecule has 114 valence electrons. The maximum atomic E-state index is 8.89. The molecular weight excluding hydrogens is 238 g/mol. The van der Waals surface area contributed by atoms with Gasteiger partial charge in [0.25, 0.3) is 0 Å². The van der Waals surface area contributed by atoms with E-state index >= 15 is 0 Å². The summed E-state index contributed by atoms with van der Waals surface area (Å²) >= 11 is 0. The average molecular weight is 271 g/mol. The van der Waals surface area contributed by atoms with Crippen LogP contribution >= 0.6 is 0 Å². The monoisotopic (exact) mass is 271 g/mol. The second-order valence-corrected chi connectivity index (χ2v) is 5.76. The lowest BCUT2D eigenvalue weighted by Crippen LogP contribution is -3.13.